The first-order chi connectivity index (χ1) is 10.6. The van der Waals surface area contributed by atoms with E-state index in [4.69, 9.17) is 9.47 Å². The van der Waals surface area contributed by atoms with Gasteiger partial charge in [0.15, 0.2) is 0 Å². The zero-order chi connectivity index (χ0) is 15.5. The molecular weight excluding hydrogens is 304 g/mol. The summed E-state index contributed by atoms with van der Waals surface area (Å²) in [5, 5.41) is 0. The summed E-state index contributed by atoms with van der Waals surface area (Å²) >= 11 is 1.46. The number of carbonyl (C=O) groups excluding carboxylic acids is 2. The molecule has 2 heterocycles. The van der Waals surface area contributed by atoms with Crippen molar-refractivity contribution in [2.75, 3.05) is 18.1 Å². The number of anilines is 1. The Balaban J connectivity index is 1.63. The first-order valence-electron chi connectivity index (χ1n) is 6.75. The van der Waals surface area contributed by atoms with Gasteiger partial charge in [-0.2, -0.15) is 0 Å². The van der Waals surface area contributed by atoms with Gasteiger partial charge in [-0.05, 0) is 31.2 Å². The van der Waals surface area contributed by atoms with Crippen LogP contribution in [0.25, 0.3) is 0 Å². The summed E-state index contributed by atoms with van der Waals surface area (Å²) < 4.78 is 10.1. The van der Waals surface area contributed by atoms with Gasteiger partial charge >= 0.3 is 12.1 Å². The molecule has 2 aromatic rings. The van der Waals surface area contributed by atoms with Crippen molar-refractivity contribution in [3.05, 3.63) is 45.9 Å². The first kappa shape index (κ1) is 14.5. The Hall–Kier alpha value is -2.41. The number of esters is 1. The Bertz CT molecular complexity index is 696. The lowest BCUT2D eigenvalue weighted by Gasteiger charge is -2.12. The molecule has 1 aliphatic heterocycles. The lowest BCUT2D eigenvalue weighted by molar-refractivity contribution is 0.0476. The third-order valence-corrected chi connectivity index (χ3v) is 4.26. The number of thiazole rings is 1. The number of hydrogen-bond donors (Lipinski definition) is 0. The molecule has 7 heteroatoms. The number of aromatic nitrogens is 1. The van der Waals surface area contributed by atoms with Crippen LogP contribution < -0.4 is 4.90 Å². The van der Waals surface area contributed by atoms with Gasteiger partial charge in [-0.25, -0.2) is 14.6 Å². The number of ether oxygens (including phenoxy) is 2. The zero-order valence-electron chi connectivity index (χ0n) is 11.9. The highest BCUT2D eigenvalue weighted by molar-refractivity contribution is 7.09. The second kappa shape index (κ2) is 6.15. The molecule has 114 valence electrons. The summed E-state index contributed by atoms with van der Waals surface area (Å²) in [4.78, 5) is 30.0. The minimum atomic E-state index is -0.400. The van der Waals surface area contributed by atoms with Gasteiger partial charge in [-0.15, -0.1) is 11.3 Å². The first-order valence-corrected chi connectivity index (χ1v) is 7.63. The predicted molar refractivity (Wildman–Crippen MR) is 81.1 cm³/mol. The molecule has 0 atom stereocenters. The maximum atomic E-state index is 12.0. The maximum absolute atomic E-state index is 12.0. The minimum Gasteiger partial charge on any atom is -0.456 e. The van der Waals surface area contributed by atoms with Crippen LogP contribution in [0.1, 0.15) is 20.9 Å². The van der Waals surface area contributed by atoms with Crippen molar-refractivity contribution in [3.63, 3.8) is 0 Å². The van der Waals surface area contributed by atoms with E-state index in [0.29, 0.717) is 24.4 Å². The molecule has 0 spiro atoms. The molecule has 0 aliphatic carbocycles. The highest BCUT2D eigenvalue weighted by atomic mass is 32.1. The molecule has 1 saturated heterocycles. The van der Waals surface area contributed by atoms with Gasteiger partial charge in [-0.1, -0.05) is 0 Å². The topological polar surface area (TPSA) is 68.7 Å². The van der Waals surface area contributed by atoms with E-state index in [1.807, 2.05) is 6.92 Å². The van der Waals surface area contributed by atoms with Crippen molar-refractivity contribution in [1.82, 2.24) is 4.98 Å². The molecule has 1 fully saturated rings. The number of benzene rings is 1. The third kappa shape index (κ3) is 2.94. The molecule has 1 aromatic carbocycles. The van der Waals surface area contributed by atoms with E-state index < -0.39 is 5.97 Å². The fourth-order valence-corrected chi connectivity index (χ4v) is 2.77. The van der Waals surface area contributed by atoms with Gasteiger partial charge in [0.05, 0.1) is 28.2 Å². The van der Waals surface area contributed by atoms with Gasteiger partial charge in [0, 0.05) is 5.69 Å². The fraction of sp³-hybridized carbons (Fsp3) is 0.267. The molecule has 22 heavy (non-hydrogen) atoms. The van der Waals surface area contributed by atoms with Crippen LogP contribution in [0.2, 0.25) is 0 Å². The van der Waals surface area contributed by atoms with Crippen molar-refractivity contribution < 1.29 is 19.1 Å². The molecule has 1 aromatic heterocycles. The van der Waals surface area contributed by atoms with E-state index in [1.54, 1.807) is 29.8 Å². The summed E-state index contributed by atoms with van der Waals surface area (Å²) in [6, 6.07) is 6.70. The number of nitrogens with zero attached hydrogens (tertiary/aromatic N) is 2. The van der Waals surface area contributed by atoms with Crippen molar-refractivity contribution in [3.8, 4) is 0 Å². The van der Waals surface area contributed by atoms with Crippen molar-refractivity contribution in [2.45, 2.75) is 13.5 Å². The highest BCUT2D eigenvalue weighted by Gasteiger charge is 2.23. The normalized spacial score (nSPS) is 14.0. The highest BCUT2D eigenvalue weighted by Crippen LogP contribution is 2.20. The minimum absolute atomic E-state index is 0.218. The van der Waals surface area contributed by atoms with E-state index in [2.05, 4.69) is 4.98 Å². The lowest BCUT2D eigenvalue weighted by atomic mass is 10.2. The molecule has 1 aliphatic rings. The Morgan fingerprint density at radius 2 is 2.18 bits per heavy atom. The molecule has 0 bridgehead atoms. The number of carbonyl (C=O) groups is 2. The SMILES string of the molecule is Cc1ncsc1COC(=O)c1ccc(N2CCOC2=O)cc1. The van der Waals surface area contributed by atoms with Gasteiger partial charge in [0.25, 0.3) is 0 Å². The molecule has 1 amide bonds. The molecular formula is C15H14N2O4S. The Kier molecular flexibility index (Phi) is 4.06. The number of cyclic esters (lactones) is 1. The molecule has 0 radical (unpaired) electrons. The van der Waals surface area contributed by atoms with Crippen LogP contribution in [0.5, 0.6) is 0 Å². The molecule has 0 unspecified atom stereocenters. The van der Waals surface area contributed by atoms with Gasteiger partial charge in [0.1, 0.15) is 13.2 Å². The monoisotopic (exact) mass is 318 g/mol. The number of hydrogen-bond acceptors (Lipinski definition) is 6. The van der Waals surface area contributed by atoms with Gasteiger partial charge < -0.3 is 9.47 Å². The maximum Gasteiger partial charge on any atom is 0.414 e. The second-order valence-electron chi connectivity index (χ2n) is 4.75. The third-order valence-electron chi connectivity index (χ3n) is 3.35. The van der Waals surface area contributed by atoms with Crippen LogP contribution in [-0.4, -0.2) is 30.2 Å². The van der Waals surface area contributed by atoms with E-state index in [9.17, 15) is 9.59 Å². The van der Waals surface area contributed by atoms with Crippen LogP contribution in [-0.2, 0) is 16.1 Å². The largest absolute Gasteiger partial charge is 0.456 e. The van der Waals surface area contributed by atoms with Gasteiger partial charge in [-0.3, -0.25) is 4.90 Å². The number of amides is 1. The van der Waals surface area contributed by atoms with E-state index in [0.717, 1.165) is 10.6 Å². The van der Waals surface area contributed by atoms with Crippen LogP contribution in [0, 0.1) is 6.92 Å². The van der Waals surface area contributed by atoms with Crippen molar-refractivity contribution in [1.29, 1.82) is 0 Å². The van der Waals surface area contributed by atoms with Crippen LogP contribution in [0.3, 0.4) is 0 Å². The average molecular weight is 318 g/mol. The summed E-state index contributed by atoms with van der Waals surface area (Å²) in [7, 11) is 0. The summed E-state index contributed by atoms with van der Waals surface area (Å²) in [5.41, 5.74) is 3.75. The van der Waals surface area contributed by atoms with Crippen LogP contribution >= 0.6 is 11.3 Å². The number of rotatable bonds is 4. The van der Waals surface area contributed by atoms with Crippen molar-refractivity contribution in [2.24, 2.45) is 0 Å². The standard InChI is InChI=1S/C15H14N2O4S/c1-10-13(22-9-16-10)8-21-14(18)11-2-4-12(5-3-11)17-6-7-20-15(17)19/h2-5,9H,6-8H2,1H3. The molecule has 3 rings (SSSR count). The second-order valence-corrected chi connectivity index (χ2v) is 5.69. The molecule has 6 nitrogen and oxygen atoms in total. The lowest BCUT2D eigenvalue weighted by Crippen LogP contribution is -2.23. The zero-order valence-corrected chi connectivity index (χ0v) is 12.8. The van der Waals surface area contributed by atoms with E-state index in [-0.39, 0.29) is 12.7 Å². The Morgan fingerprint density at radius 1 is 1.41 bits per heavy atom. The van der Waals surface area contributed by atoms with Crippen molar-refractivity contribution >= 4 is 29.1 Å². The fourth-order valence-electron chi connectivity index (χ4n) is 2.08. The summed E-state index contributed by atoms with van der Waals surface area (Å²) in [5.74, 6) is -0.400. The summed E-state index contributed by atoms with van der Waals surface area (Å²) in [6.45, 7) is 3.00. The summed E-state index contributed by atoms with van der Waals surface area (Å²) in [6.07, 6.45) is -0.365. The number of aryl methyl sites for hydroxylation is 1. The van der Waals surface area contributed by atoms with Gasteiger partial charge in [0.2, 0.25) is 0 Å². The van der Waals surface area contributed by atoms with E-state index >= 15 is 0 Å². The smallest absolute Gasteiger partial charge is 0.414 e. The Labute approximate surface area is 131 Å². The van der Waals surface area contributed by atoms with E-state index in [1.165, 1.54) is 16.2 Å². The molecule has 0 saturated carbocycles. The van der Waals surface area contributed by atoms with Crippen LogP contribution in [0.15, 0.2) is 29.8 Å². The quantitative estimate of drug-likeness (QED) is 0.811. The predicted octanol–water partition coefficient (Wildman–Crippen LogP) is 2.77. The van der Waals surface area contributed by atoms with Crippen LogP contribution in [0.4, 0.5) is 10.5 Å². The Morgan fingerprint density at radius 3 is 2.77 bits per heavy atom. The molecule has 0 N–H and O–H groups in total. The average Bonchev–Trinajstić information content (AvgIpc) is 3.13.